The van der Waals surface area contributed by atoms with Crippen molar-refractivity contribution < 1.29 is 14.4 Å². The Labute approximate surface area is 132 Å². The van der Waals surface area contributed by atoms with Gasteiger partial charge in [-0.3, -0.25) is 14.5 Å². The first kappa shape index (κ1) is 16.8. The Kier molecular flexibility index (Phi) is 4.49. The van der Waals surface area contributed by atoms with Gasteiger partial charge in [0.1, 0.15) is 12.1 Å². The number of hydrogen-bond donors (Lipinski definition) is 2. The summed E-state index contributed by atoms with van der Waals surface area (Å²) in [6.07, 6.45) is 4.29. The quantitative estimate of drug-likeness (QED) is 0.775. The average molecular weight is 309 g/mol. The molecule has 6 nitrogen and oxygen atoms in total. The first-order chi connectivity index (χ1) is 10.3. The molecule has 1 spiro atoms. The van der Waals surface area contributed by atoms with Crippen LogP contribution in [0.5, 0.6) is 0 Å². The third-order valence-electron chi connectivity index (χ3n) is 5.68. The van der Waals surface area contributed by atoms with Crippen LogP contribution in [0.2, 0.25) is 0 Å². The van der Waals surface area contributed by atoms with Crippen LogP contribution in [0.3, 0.4) is 0 Å². The van der Waals surface area contributed by atoms with Gasteiger partial charge in [0.15, 0.2) is 0 Å². The number of nitrogens with one attached hydrogen (secondary N) is 2. The SMILES string of the molecule is CCC(C)(C)C1CCC2(CC1)NC(=O)N(CC(=O)NC)C2=O. The van der Waals surface area contributed by atoms with E-state index in [1.54, 1.807) is 0 Å². The summed E-state index contributed by atoms with van der Waals surface area (Å²) in [5.74, 6) is -0.00368. The molecule has 4 amide bonds. The largest absolute Gasteiger partial charge is 0.358 e. The van der Waals surface area contributed by atoms with Crippen LogP contribution < -0.4 is 10.6 Å². The lowest BCUT2D eigenvalue weighted by molar-refractivity contribution is -0.136. The van der Waals surface area contributed by atoms with Crippen LogP contribution in [0.1, 0.15) is 52.9 Å². The van der Waals surface area contributed by atoms with E-state index < -0.39 is 11.6 Å². The molecule has 0 bridgehead atoms. The Morgan fingerprint density at radius 1 is 1.36 bits per heavy atom. The summed E-state index contributed by atoms with van der Waals surface area (Å²) in [5.41, 5.74) is -0.527. The van der Waals surface area contributed by atoms with E-state index in [9.17, 15) is 14.4 Å². The molecule has 22 heavy (non-hydrogen) atoms. The van der Waals surface area contributed by atoms with Crippen LogP contribution in [0.4, 0.5) is 4.79 Å². The van der Waals surface area contributed by atoms with E-state index in [-0.39, 0.29) is 23.8 Å². The van der Waals surface area contributed by atoms with E-state index in [0.29, 0.717) is 18.8 Å². The number of carbonyl (C=O) groups excluding carboxylic acids is 3. The summed E-state index contributed by atoms with van der Waals surface area (Å²) in [6.45, 7) is 6.52. The highest BCUT2D eigenvalue weighted by atomic mass is 16.2. The highest BCUT2D eigenvalue weighted by Gasteiger charge is 2.53. The van der Waals surface area contributed by atoms with Crippen molar-refractivity contribution in [2.45, 2.75) is 58.4 Å². The van der Waals surface area contributed by atoms with Gasteiger partial charge in [0.05, 0.1) is 0 Å². The van der Waals surface area contributed by atoms with Gasteiger partial charge in [-0.25, -0.2) is 4.79 Å². The minimum absolute atomic E-state index is 0.202. The summed E-state index contributed by atoms with van der Waals surface area (Å²) in [4.78, 5) is 37.2. The molecular weight excluding hydrogens is 282 g/mol. The van der Waals surface area contributed by atoms with Crippen molar-refractivity contribution in [3.05, 3.63) is 0 Å². The number of rotatable bonds is 4. The number of nitrogens with zero attached hydrogens (tertiary/aromatic N) is 1. The van der Waals surface area contributed by atoms with Gasteiger partial charge >= 0.3 is 6.03 Å². The maximum Gasteiger partial charge on any atom is 0.325 e. The molecule has 1 saturated carbocycles. The number of amides is 4. The van der Waals surface area contributed by atoms with Gasteiger partial charge in [0, 0.05) is 7.05 Å². The fourth-order valence-corrected chi connectivity index (χ4v) is 3.56. The zero-order valence-corrected chi connectivity index (χ0v) is 14.0. The van der Waals surface area contributed by atoms with Crippen molar-refractivity contribution in [1.29, 1.82) is 0 Å². The molecule has 2 aliphatic rings. The first-order valence-corrected chi connectivity index (χ1v) is 8.10. The number of urea groups is 1. The molecular formula is C16H27N3O3. The van der Waals surface area contributed by atoms with Gasteiger partial charge in [-0.2, -0.15) is 0 Å². The summed E-state index contributed by atoms with van der Waals surface area (Å²) in [6, 6.07) is -0.443. The van der Waals surface area contributed by atoms with Crippen molar-refractivity contribution in [3.63, 3.8) is 0 Å². The summed E-state index contributed by atoms with van der Waals surface area (Å²) >= 11 is 0. The molecule has 0 radical (unpaired) electrons. The van der Waals surface area contributed by atoms with Gasteiger partial charge in [-0.1, -0.05) is 27.2 Å². The maximum atomic E-state index is 12.6. The summed E-state index contributed by atoms with van der Waals surface area (Å²) in [7, 11) is 1.49. The Hall–Kier alpha value is -1.59. The fourth-order valence-electron chi connectivity index (χ4n) is 3.56. The molecule has 0 atom stereocenters. The molecule has 1 saturated heterocycles. The van der Waals surface area contributed by atoms with E-state index in [2.05, 4.69) is 31.4 Å². The smallest absolute Gasteiger partial charge is 0.325 e. The fraction of sp³-hybridized carbons (Fsp3) is 0.812. The molecule has 1 aliphatic carbocycles. The topological polar surface area (TPSA) is 78.5 Å². The van der Waals surface area contributed by atoms with Gasteiger partial charge in [0.2, 0.25) is 5.91 Å². The molecule has 124 valence electrons. The Morgan fingerprint density at radius 3 is 2.45 bits per heavy atom. The second-order valence-electron chi connectivity index (χ2n) is 7.19. The molecule has 1 aliphatic heterocycles. The normalized spacial score (nSPS) is 28.9. The molecule has 2 fully saturated rings. The van der Waals surface area contributed by atoms with Crippen LogP contribution in [0.25, 0.3) is 0 Å². The third kappa shape index (κ3) is 2.83. The van der Waals surface area contributed by atoms with E-state index in [1.807, 2.05) is 0 Å². The molecule has 0 aromatic heterocycles. The molecule has 0 aromatic rings. The van der Waals surface area contributed by atoms with Crippen molar-refractivity contribution in [2.75, 3.05) is 13.6 Å². The lowest BCUT2D eigenvalue weighted by atomic mass is 9.65. The summed E-state index contributed by atoms with van der Waals surface area (Å²) in [5, 5.41) is 5.29. The molecule has 2 N–H and O–H groups in total. The lowest BCUT2D eigenvalue weighted by Crippen LogP contribution is -2.51. The summed E-state index contributed by atoms with van der Waals surface area (Å²) < 4.78 is 0. The zero-order chi connectivity index (χ0) is 16.5. The highest BCUT2D eigenvalue weighted by Crippen LogP contribution is 2.45. The van der Waals surface area contributed by atoms with Gasteiger partial charge in [0.25, 0.3) is 5.91 Å². The number of imide groups is 1. The van der Waals surface area contributed by atoms with Gasteiger partial charge in [-0.05, 0) is 37.0 Å². The number of likely N-dealkylation sites (N-methyl/N-ethyl adjacent to an activating group) is 1. The maximum absolute atomic E-state index is 12.6. The number of hydrogen-bond acceptors (Lipinski definition) is 3. The van der Waals surface area contributed by atoms with E-state index in [4.69, 9.17) is 0 Å². The molecule has 2 rings (SSSR count). The minimum atomic E-state index is -0.786. The predicted octanol–water partition coefficient (Wildman–Crippen LogP) is 1.65. The Balaban J connectivity index is 2.07. The highest BCUT2D eigenvalue weighted by molar-refractivity contribution is 6.09. The lowest BCUT2D eigenvalue weighted by Gasteiger charge is -2.42. The molecule has 6 heteroatoms. The standard InChI is InChI=1S/C16H27N3O3/c1-5-15(2,3)11-6-8-16(9-7-11)13(21)19(14(22)18-16)10-12(20)17-4/h11H,5-10H2,1-4H3,(H,17,20)(H,18,22). The van der Waals surface area contributed by atoms with E-state index in [1.165, 1.54) is 7.05 Å². The van der Waals surface area contributed by atoms with Gasteiger partial charge < -0.3 is 10.6 Å². The number of carbonyl (C=O) groups is 3. The van der Waals surface area contributed by atoms with Crippen LogP contribution in [0, 0.1) is 11.3 Å². The first-order valence-electron chi connectivity index (χ1n) is 8.10. The van der Waals surface area contributed by atoms with Crippen molar-refractivity contribution >= 4 is 17.8 Å². The van der Waals surface area contributed by atoms with Crippen molar-refractivity contribution in [1.82, 2.24) is 15.5 Å². The Bertz CT molecular complexity index is 479. The van der Waals surface area contributed by atoms with Crippen LogP contribution in [-0.4, -0.2) is 41.9 Å². The van der Waals surface area contributed by atoms with Crippen LogP contribution in [0.15, 0.2) is 0 Å². The second-order valence-corrected chi connectivity index (χ2v) is 7.19. The second kappa shape index (κ2) is 5.89. The van der Waals surface area contributed by atoms with Crippen LogP contribution >= 0.6 is 0 Å². The molecule has 0 aromatic carbocycles. The zero-order valence-electron chi connectivity index (χ0n) is 14.0. The van der Waals surface area contributed by atoms with Gasteiger partial charge in [-0.15, -0.1) is 0 Å². The van der Waals surface area contributed by atoms with Crippen molar-refractivity contribution in [2.24, 2.45) is 11.3 Å². The van der Waals surface area contributed by atoms with E-state index >= 15 is 0 Å². The predicted molar refractivity (Wildman–Crippen MR) is 83.1 cm³/mol. The minimum Gasteiger partial charge on any atom is -0.358 e. The monoisotopic (exact) mass is 309 g/mol. The van der Waals surface area contributed by atoms with Crippen LogP contribution in [-0.2, 0) is 9.59 Å². The molecule has 0 unspecified atom stereocenters. The Morgan fingerprint density at radius 2 is 1.95 bits per heavy atom. The van der Waals surface area contributed by atoms with Crippen molar-refractivity contribution in [3.8, 4) is 0 Å². The van der Waals surface area contributed by atoms with E-state index in [0.717, 1.165) is 24.2 Å². The average Bonchev–Trinajstić information content (AvgIpc) is 2.72. The molecule has 1 heterocycles. The third-order valence-corrected chi connectivity index (χ3v) is 5.68.